The molecule has 24 heavy (non-hydrogen) atoms. The standard InChI is InChI=1S/C16H13F4NO3/c17-13-8-11(22)6-7-12(13)14(16(18,19)20)21-15(23)24-9-10-4-2-1-3-5-10/h1-8,14,22H,9H2,(H,21,23)/t14-/m1/s1. The molecule has 2 N–H and O–H groups in total. The molecule has 0 unspecified atom stereocenters. The summed E-state index contributed by atoms with van der Waals surface area (Å²) < 4.78 is 57.7. The molecule has 2 aromatic carbocycles. The number of rotatable bonds is 4. The van der Waals surface area contributed by atoms with Crippen molar-refractivity contribution in [3.63, 3.8) is 0 Å². The largest absolute Gasteiger partial charge is 0.508 e. The summed E-state index contributed by atoms with van der Waals surface area (Å²) in [4.78, 5) is 11.6. The van der Waals surface area contributed by atoms with Crippen LogP contribution in [0.25, 0.3) is 0 Å². The average molecular weight is 343 g/mol. The maximum Gasteiger partial charge on any atom is 0.413 e. The molecule has 0 aromatic heterocycles. The van der Waals surface area contributed by atoms with Crippen LogP contribution in [-0.2, 0) is 11.3 Å². The first kappa shape index (κ1) is 17.6. The Morgan fingerprint density at radius 1 is 1.17 bits per heavy atom. The minimum atomic E-state index is -4.94. The molecule has 0 saturated heterocycles. The summed E-state index contributed by atoms with van der Waals surface area (Å²) in [6.07, 6.45) is -6.28. The van der Waals surface area contributed by atoms with Crippen LogP contribution in [-0.4, -0.2) is 17.4 Å². The lowest BCUT2D eigenvalue weighted by atomic mass is 10.1. The van der Waals surface area contributed by atoms with Gasteiger partial charge < -0.3 is 15.2 Å². The first-order valence-electron chi connectivity index (χ1n) is 6.79. The Morgan fingerprint density at radius 2 is 1.83 bits per heavy atom. The minimum absolute atomic E-state index is 0.227. The Kier molecular flexibility index (Phi) is 5.28. The number of phenolic OH excluding ortho intramolecular Hbond substituents is 1. The molecule has 1 amide bonds. The SMILES string of the molecule is O=C(N[C@H](c1ccc(O)cc1F)C(F)(F)F)OCc1ccccc1. The van der Waals surface area contributed by atoms with Crippen LogP contribution < -0.4 is 5.32 Å². The molecular formula is C16H13F4NO3. The fourth-order valence-electron chi connectivity index (χ4n) is 1.97. The van der Waals surface area contributed by atoms with Crippen LogP contribution in [0, 0.1) is 5.82 Å². The molecule has 8 heteroatoms. The second-order valence-corrected chi connectivity index (χ2v) is 4.89. The number of nitrogens with one attached hydrogen (secondary N) is 1. The van der Waals surface area contributed by atoms with Crippen molar-refractivity contribution in [1.82, 2.24) is 5.32 Å². The molecule has 0 aliphatic heterocycles. The third kappa shape index (κ3) is 4.61. The van der Waals surface area contributed by atoms with E-state index in [1.165, 1.54) is 0 Å². The Morgan fingerprint density at radius 3 is 2.42 bits per heavy atom. The van der Waals surface area contributed by atoms with Crippen molar-refractivity contribution in [3.8, 4) is 5.75 Å². The third-order valence-corrected chi connectivity index (χ3v) is 3.10. The summed E-state index contributed by atoms with van der Waals surface area (Å²) in [5, 5.41) is 10.7. The normalized spacial score (nSPS) is 12.5. The van der Waals surface area contributed by atoms with E-state index in [1.54, 1.807) is 35.6 Å². The Bertz CT molecular complexity index is 704. The Labute approximate surface area is 134 Å². The van der Waals surface area contributed by atoms with Crippen LogP contribution in [0.1, 0.15) is 17.2 Å². The number of carbonyl (C=O) groups is 1. The maximum atomic E-state index is 13.7. The number of alkyl halides is 3. The van der Waals surface area contributed by atoms with Gasteiger partial charge in [-0.15, -0.1) is 0 Å². The van der Waals surface area contributed by atoms with Crippen LogP contribution >= 0.6 is 0 Å². The summed E-state index contributed by atoms with van der Waals surface area (Å²) in [5.74, 6) is -1.82. The predicted octanol–water partition coefficient (Wildman–Crippen LogP) is 4.06. The van der Waals surface area contributed by atoms with Crippen LogP contribution in [0.5, 0.6) is 5.75 Å². The number of carbonyl (C=O) groups excluding carboxylic acids is 1. The molecule has 0 aliphatic carbocycles. The number of amides is 1. The molecule has 0 aliphatic rings. The van der Waals surface area contributed by atoms with Gasteiger partial charge in [0.15, 0.2) is 6.04 Å². The van der Waals surface area contributed by atoms with E-state index in [0.717, 1.165) is 12.1 Å². The minimum Gasteiger partial charge on any atom is -0.508 e. The molecule has 4 nitrogen and oxygen atoms in total. The lowest BCUT2D eigenvalue weighted by Crippen LogP contribution is -2.38. The van der Waals surface area contributed by atoms with E-state index in [1.807, 2.05) is 0 Å². The van der Waals surface area contributed by atoms with Gasteiger partial charge in [-0.05, 0) is 11.6 Å². The van der Waals surface area contributed by atoms with Crippen molar-refractivity contribution in [1.29, 1.82) is 0 Å². The van der Waals surface area contributed by atoms with Crippen LogP contribution in [0.2, 0.25) is 0 Å². The highest BCUT2D eigenvalue weighted by Gasteiger charge is 2.43. The van der Waals surface area contributed by atoms with Crippen molar-refractivity contribution in [2.24, 2.45) is 0 Å². The van der Waals surface area contributed by atoms with E-state index in [-0.39, 0.29) is 6.61 Å². The van der Waals surface area contributed by atoms with Crippen LogP contribution in [0.4, 0.5) is 22.4 Å². The molecule has 1 atom stereocenters. The van der Waals surface area contributed by atoms with Crippen molar-refractivity contribution in [2.75, 3.05) is 0 Å². The van der Waals surface area contributed by atoms with Gasteiger partial charge in [-0.3, -0.25) is 0 Å². The number of aromatic hydroxyl groups is 1. The Hall–Kier alpha value is -2.77. The van der Waals surface area contributed by atoms with Gasteiger partial charge in [0.1, 0.15) is 18.2 Å². The number of phenols is 1. The van der Waals surface area contributed by atoms with Gasteiger partial charge in [-0.1, -0.05) is 36.4 Å². The van der Waals surface area contributed by atoms with Crippen molar-refractivity contribution >= 4 is 6.09 Å². The van der Waals surface area contributed by atoms with Crippen LogP contribution in [0.3, 0.4) is 0 Å². The second kappa shape index (κ2) is 7.20. The number of hydrogen-bond donors (Lipinski definition) is 2. The summed E-state index contributed by atoms with van der Waals surface area (Å²) in [7, 11) is 0. The van der Waals surface area contributed by atoms with E-state index in [0.29, 0.717) is 11.6 Å². The van der Waals surface area contributed by atoms with E-state index in [2.05, 4.69) is 0 Å². The number of halogens is 4. The number of ether oxygens (including phenoxy) is 1. The van der Waals surface area contributed by atoms with Crippen molar-refractivity contribution in [3.05, 3.63) is 65.5 Å². The number of benzene rings is 2. The quantitative estimate of drug-likeness (QED) is 0.823. The van der Waals surface area contributed by atoms with E-state index >= 15 is 0 Å². The average Bonchev–Trinajstić information content (AvgIpc) is 2.51. The summed E-state index contributed by atoms with van der Waals surface area (Å²) in [6, 6.07) is 7.95. The molecule has 128 valence electrons. The maximum absolute atomic E-state index is 13.7. The molecule has 0 radical (unpaired) electrons. The van der Waals surface area contributed by atoms with Crippen molar-refractivity contribution < 1.29 is 32.2 Å². The first-order valence-corrected chi connectivity index (χ1v) is 6.79. The Balaban J connectivity index is 2.10. The lowest BCUT2D eigenvalue weighted by Gasteiger charge is -2.22. The van der Waals surface area contributed by atoms with Crippen molar-refractivity contribution in [2.45, 2.75) is 18.8 Å². The lowest BCUT2D eigenvalue weighted by molar-refractivity contribution is -0.156. The number of alkyl carbamates (subject to hydrolysis) is 1. The summed E-state index contributed by atoms with van der Waals surface area (Å²) in [6.45, 7) is -0.227. The highest BCUT2D eigenvalue weighted by Crippen LogP contribution is 2.35. The van der Waals surface area contributed by atoms with E-state index < -0.39 is 35.4 Å². The molecule has 0 bridgehead atoms. The fraction of sp³-hybridized carbons (Fsp3) is 0.188. The van der Waals surface area contributed by atoms with Gasteiger partial charge >= 0.3 is 12.3 Å². The zero-order chi connectivity index (χ0) is 17.7. The molecule has 0 heterocycles. The monoisotopic (exact) mass is 343 g/mol. The zero-order valence-corrected chi connectivity index (χ0v) is 12.2. The molecule has 0 saturated carbocycles. The van der Waals surface area contributed by atoms with E-state index in [4.69, 9.17) is 9.84 Å². The highest BCUT2D eigenvalue weighted by atomic mass is 19.4. The zero-order valence-electron chi connectivity index (χ0n) is 12.2. The molecule has 2 aromatic rings. The molecule has 0 spiro atoms. The van der Waals surface area contributed by atoms with Gasteiger partial charge in [-0.2, -0.15) is 13.2 Å². The molecule has 0 fully saturated rings. The predicted molar refractivity (Wildman–Crippen MR) is 76.6 cm³/mol. The van der Waals surface area contributed by atoms with Gasteiger partial charge in [0.05, 0.1) is 0 Å². The molecular weight excluding hydrogens is 330 g/mol. The topological polar surface area (TPSA) is 58.6 Å². The molecule has 2 rings (SSSR count). The fourth-order valence-corrected chi connectivity index (χ4v) is 1.97. The van der Waals surface area contributed by atoms with Gasteiger partial charge in [0.25, 0.3) is 0 Å². The highest BCUT2D eigenvalue weighted by molar-refractivity contribution is 5.68. The van der Waals surface area contributed by atoms with Gasteiger partial charge in [-0.25, -0.2) is 9.18 Å². The second-order valence-electron chi connectivity index (χ2n) is 4.89. The third-order valence-electron chi connectivity index (χ3n) is 3.10. The van der Waals surface area contributed by atoms with Gasteiger partial charge in [0.2, 0.25) is 0 Å². The van der Waals surface area contributed by atoms with Crippen LogP contribution in [0.15, 0.2) is 48.5 Å². The number of hydrogen-bond acceptors (Lipinski definition) is 3. The van der Waals surface area contributed by atoms with Gasteiger partial charge in [0, 0.05) is 11.6 Å². The van der Waals surface area contributed by atoms with E-state index in [9.17, 15) is 22.4 Å². The summed E-state index contributed by atoms with van der Waals surface area (Å²) >= 11 is 0. The smallest absolute Gasteiger partial charge is 0.413 e. The first-order chi connectivity index (χ1) is 11.3. The summed E-state index contributed by atoms with van der Waals surface area (Å²) in [5.41, 5.74) is -0.232.